The molecule has 0 saturated carbocycles. The Hall–Kier alpha value is -5.45. The Morgan fingerprint density at radius 1 is 1.02 bits per heavy atom. The van der Waals surface area contributed by atoms with Crippen molar-refractivity contribution in [2.24, 2.45) is 0 Å². The van der Waals surface area contributed by atoms with Crippen molar-refractivity contribution in [2.75, 3.05) is 17.7 Å². The molecule has 3 aromatic carbocycles. The van der Waals surface area contributed by atoms with E-state index in [4.69, 9.17) is 10.5 Å². The van der Waals surface area contributed by atoms with Gasteiger partial charge in [-0.1, -0.05) is 30.3 Å². The first-order valence-corrected chi connectivity index (χ1v) is 14.0. The molecule has 1 aromatic heterocycles. The number of carbonyl (C=O) groups is 3. The lowest BCUT2D eigenvalue weighted by Gasteiger charge is -2.29. The summed E-state index contributed by atoms with van der Waals surface area (Å²) < 4.78 is 6.02. The second-order valence-corrected chi connectivity index (χ2v) is 10.6. The first-order valence-electron chi connectivity index (χ1n) is 14.0. The third-order valence-electron chi connectivity index (χ3n) is 7.71. The number of anilines is 3. The van der Waals surface area contributed by atoms with Crippen LogP contribution in [0.4, 0.5) is 17.2 Å². The van der Waals surface area contributed by atoms with Gasteiger partial charge in [0.05, 0.1) is 6.61 Å². The molecule has 3 amide bonds. The molecule has 5 N–H and O–H groups in total. The molecule has 4 aromatic rings. The highest BCUT2D eigenvalue weighted by atomic mass is 16.5. The minimum absolute atomic E-state index is 0.0808. The number of amides is 3. The summed E-state index contributed by atoms with van der Waals surface area (Å²) in [6.45, 7) is 2.56. The smallest absolute Gasteiger partial charge is 0.255 e. The zero-order chi connectivity index (χ0) is 30.1. The minimum atomic E-state index is -0.682. The first-order chi connectivity index (χ1) is 20.8. The summed E-state index contributed by atoms with van der Waals surface area (Å²) in [6, 6.07) is 19.4. The molecule has 0 bridgehead atoms. The molecule has 2 aliphatic heterocycles. The van der Waals surface area contributed by atoms with E-state index in [0.717, 1.165) is 28.1 Å². The van der Waals surface area contributed by atoms with Crippen LogP contribution in [0.1, 0.15) is 39.9 Å². The van der Waals surface area contributed by atoms with E-state index in [1.807, 2.05) is 37.3 Å². The first kappa shape index (κ1) is 27.7. The molecular weight excluding hydrogens is 548 g/mol. The van der Waals surface area contributed by atoms with E-state index >= 15 is 0 Å². The van der Waals surface area contributed by atoms with Crippen molar-refractivity contribution in [3.05, 3.63) is 89.0 Å². The van der Waals surface area contributed by atoms with E-state index in [-0.39, 0.29) is 36.3 Å². The number of hydrogen-bond acceptors (Lipinski definition) is 9. The second-order valence-electron chi connectivity index (χ2n) is 10.6. The average Bonchev–Trinajstić information content (AvgIpc) is 3.32. The van der Waals surface area contributed by atoms with Crippen LogP contribution in [0.5, 0.6) is 11.5 Å². The number of aromatic hydroxyl groups is 1. The van der Waals surface area contributed by atoms with E-state index in [1.54, 1.807) is 41.3 Å². The van der Waals surface area contributed by atoms with Gasteiger partial charge in [0.15, 0.2) is 11.6 Å². The van der Waals surface area contributed by atoms with Crippen LogP contribution < -0.4 is 21.1 Å². The van der Waals surface area contributed by atoms with Gasteiger partial charge in [-0.25, -0.2) is 0 Å². The molecule has 2 aliphatic rings. The summed E-state index contributed by atoms with van der Waals surface area (Å²) in [4.78, 5) is 38.9. The molecule has 218 valence electrons. The number of rotatable bonds is 8. The van der Waals surface area contributed by atoms with Gasteiger partial charge in [-0.15, -0.1) is 10.2 Å². The molecule has 6 rings (SSSR count). The predicted molar refractivity (Wildman–Crippen MR) is 160 cm³/mol. The standard InChI is InChI=1S/C32H30N6O5/c1-18-9-10-19(13-14-43-28-16-25(36-37-30(28)33)21-5-2-3-8-27(21)39)24(15-18)34-23-7-4-6-20-22(23)17-38(32(20)42)26-11-12-29(40)35-31(26)41/h2-10,15-16,26,34,39H,11-14,17H2,1H3,(H2,33,37)(H,35,40,41). The number of carbonyl (C=O) groups excluding carboxylic acids is 3. The van der Waals surface area contributed by atoms with Crippen LogP contribution in [0.3, 0.4) is 0 Å². The lowest BCUT2D eigenvalue weighted by molar-refractivity contribution is -0.136. The maximum Gasteiger partial charge on any atom is 0.255 e. The highest BCUT2D eigenvalue weighted by Gasteiger charge is 2.39. The number of nitrogens with zero attached hydrogens (tertiary/aromatic N) is 3. The SMILES string of the molecule is Cc1ccc(CCOc2cc(-c3ccccc3O)nnc2N)c(Nc2cccc3c2CN(C2CCC(=O)NC2=O)C3=O)c1. The van der Waals surface area contributed by atoms with E-state index in [9.17, 15) is 19.5 Å². The van der Waals surface area contributed by atoms with Gasteiger partial charge >= 0.3 is 0 Å². The van der Waals surface area contributed by atoms with Crippen molar-refractivity contribution in [3.63, 3.8) is 0 Å². The average molecular weight is 579 g/mol. The van der Waals surface area contributed by atoms with Gasteiger partial charge in [0.2, 0.25) is 11.8 Å². The molecule has 1 atom stereocenters. The Balaban J connectivity index is 1.19. The fourth-order valence-electron chi connectivity index (χ4n) is 5.46. The number of nitrogen functional groups attached to an aromatic ring is 1. The number of benzene rings is 3. The van der Waals surface area contributed by atoms with E-state index in [0.29, 0.717) is 42.0 Å². The number of piperidine rings is 1. The third-order valence-corrected chi connectivity index (χ3v) is 7.71. The highest BCUT2D eigenvalue weighted by molar-refractivity contribution is 6.06. The number of phenolic OH excluding ortho intramolecular Hbond substituents is 1. The van der Waals surface area contributed by atoms with Gasteiger partial charge in [0.25, 0.3) is 5.91 Å². The molecule has 0 radical (unpaired) electrons. The monoisotopic (exact) mass is 578 g/mol. The van der Waals surface area contributed by atoms with Gasteiger partial charge in [-0.05, 0) is 54.8 Å². The summed E-state index contributed by atoms with van der Waals surface area (Å²) in [5, 5.41) is 24.1. The fraction of sp³-hybridized carbons (Fsp3) is 0.219. The van der Waals surface area contributed by atoms with Crippen molar-refractivity contribution >= 4 is 34.9 Å². The number of aryl methyl sites for hydroxylation is 1. The van der Waals surface area contributed by atoms with Crippen LogP contribution in [0.25, 0.3) is 11.3 Å². The number of nitrogens with two attached hydrogens (primary N) is 1. The second kappa shape index (κ2) is 11.4. The van der Waals surface area contributed by atoms with Crippen molar-refractivity contribution in [1.29, 1.82) is 0 Å². The van der Waals surface area contributed by atoms with E-state index in [2.05, 4.69) is 20.8 Å². The maximum absolute atomic E-state index is 13.3. The zero-order valence-corrected chi connectivity index (χ0v) is 23.5. The summed E-state index contributed by atoms with van der Waals surface area (Å²) in [5.74, 6) is -0.391. The molecule has 0 spiro atoms. The molecule has 1 saturated heterocycles. The number of hydrogen-bond donors (Lipinski definition) is 4. The highest BCUT2D eigenvalue weighted by Crippen LogP contribution is 2.35. The van der Waals surface area contributed by atoms with Crippen LogP contribution in [-0.2, 0) is 22.6 Å². The topological polar surface area (TPSA) is 160 Å². The number of para-hydroxylation sites is 1. The number of ether oxygens (including phenoxy) is 1. The fourth-order valence-corrected chi connectivity index (χ4v) is 5.46. The number of fused-ring (bicyclic) bond motifs is 1. The lowest BCUT2D eigenvalue weighted by Crippen LogP contribution is -2.52. The van der Waals surface area contributed by atoms with Crippen LogP contribution in [0.15, 0.2) is 66.7 Å². The van der Waals surface area contributed by atoms with Gasteiger partial charge in [-0.3, -0.25) is 19.7 Å². The Morgan fingerprint density at radius 3 is 2.65 bits per heavy atom. The molecule has 43 heavy (non-hydrogen) atoms. The maximum atomic E-state index is 13.3. The molecule has 1 unspecified atom stereocenters. The Labute approximate surface area is 247 Å². The lowest BCUT2D eigenvalue weighted by atomic mass is 10.0. The third kappa shape index (κ3) is 5.56. The zero-order valence-electron chi connectivity index (χ0n) is 23.5. The number of imide groups is 1. The van der Waals surface area contributed by atoms with Crippen LogP contribution in [0.2, 0.25) is 0 Å². The number of nitrogens with one attached hydrogen (secondary N) is 2. The molecule has 0 aliphatic carbocycles. The quantitative estimate of drug-likeness (QED) is 0.228. The van der Waals surface area contributed by atoms with Crippen LogP contribution in [0, 0.1) is 6.92 Å². The van der Waals surface area contributed by atoms with Crippen molar-refractivity contribution in [3.8, 4) is 22.8 Å². The van der Waals surface area contributed by atoms with Gasteiger partial charge < -0.3 is 25.8 Å². The largest absolute Gasteiger partial charge is 0.507 e. The Bertz CT molecular complexity index is 1760. The van der Waals surface area contributed by atoms with Crippen molar-refractivity contribution in [1.82, 2.24) is 20.4 Å². The summed E-state index contributed by atoms with van der Waals surface area (Å²) in [6.07, 6.45) is 1.04. The Kier molecular flexibility index (Phi) is 7.37. The molecular formula is C32H30N6O5. The summed E-state index contributed by atoms with van der Waals surface area (Å²) >= 11 is 0. The van der Waals surface area contributed by atoms with E-state index < -0.39 is 11.9 Å². The van der Waals surface area contributed by atoms with Crippen LogP contribution in [-0.4, -0.2) is 50.6 Å². The van der Waals surface area contributed by atoms with E-state index in [1.165, 1.54) is 0 Å². The summed E-state index contributed by atoms with van der Waals surface area (Å²) in [7, 11) is 0. The molecule has 11 nitrogen and oxygen atoms in total. The normalized spacial score (nSPS) is 16.2. The predicted octanol–water partition coefficient (Wildman–Crippen LogP) is 3.87. The van der Waals surface area contributed by atoms with Crippen molar-refractivity contribution in [2.45, 2.75) is 38.8 Å². The molecule has 11 heteroatoms. The summed E-state index contributed by atoms with van der Waals surface area (Å²) in [5.41, 5.74) is 12.0. The van der Waals surface area contributed by atoms with Gasteiger partial charge in [0, 0.05) is 53.5 Å². The number of phenols is 1. The van der Waals surface area contributed by atoms with Gasteiger partial charge in [0.1, 0.15) is 17.5 Å². The van der Waals surface area contributed by atoms with Crippen molar-refractivity contribution < 1.29 is 24.2 Å². The molecule has 3 heterocycles. The number of aromatic nitrogens is 2. The molecule has 1 fully saturated rings. The van der Waals surface area contributed by atoms with Crippen LogP contribution >= 0.6 is 0 Å². The Morgan fingerprint density at radius 2 is 1.84 bits per heavy atom. The van der Waals surface area contributed by atoms with Gasteiger partial charge in [-0.2, -0.15) is 0 Å². The minimum Gasteiger partial charge on any atom is -0.507 e.